The number of halogens is 1. The van der Waals surface area contributed by atoms with E-state index >= 15 is 0 Å². The number of benzene rings is 1. The number of anilines is 1. The van der Waals surface area contributed by atoms with Crippen molar-refractivity contribution in [2.45, 2.75) is 4.90 Å². The summed E-state index contributed by atoms with van der Waals surface area (Å²) in [4.78, 5) is 13.5. The maximum atomic E-state index is 11.9. The van der Waals surface area contributed by atoms with Crippen LogP contribution in [0.25, 0.3) is 0 Å². The van der Waals surface area contributed by atoms with Crippen molar-refractivity contribution < 1.29 is 17.9 Å². The molecule has 1 saturated heterocycles. The summed E-state index contributed by atoms with van der Waals surface area (Å²) in [5, 5.41) is 2.68. The van der Waals surface area contributed by atoms with Crippen molar-refractivity contribution in [3.05, 3.63) is 24.3 Å². The van der Waals surface area contributed by atoms with Crippen LogP contribution < -0.4 is 5.32 Å². The van der Waals surface area contributed by atoms with Crippen LogP contribution in [0.1, 0.15) is 0 Å². The average Bonchev–Trinajstić information content (AvgIpc) is 2.39. The Balaban J connectivity index is 2.01. The van der Waals surface area contributed by atoms with E-state index in [2.05, 4.69) is 5.32 Å². The highest BCUT2D eigenvalue weighted by molar-refractivity contribution is 8.13. The van der Waals surface area contributed by atoms with Gasteiger partial charge in [0.25, 0.3) is 9.05 Å². The van der Waals surface area contributed by atoms with Crippen LogP contribution in [0, 0.1) is 0 Å². The molecular formula is C11H13ClN2O4S. The molecule has 0 atom stereocenters. The summed E-state index contributed by atoms with van der Waals surface area (Å²) in [6, 6.07) is 5.44. The van der Waals surface area contributed by atoms with E-state index in [4.69, 9.17) is 15.4 Å². The van der Waals surface area contributed by atoms with Crippen LogP contribution in [0.3, 0.4) is 0 Å². The number of amides is 2. The molecule has 2 rings (SSSR count). The van der Waals surface area contributed by atoms with Gasteiger partial charge in [-0.3, -0.25) is 0 Å². The van der Waals surface area contributed by atoms with Crippen LogP contribution in [0.15, 0.2) is 29.2 Å². The second-order valence-electron chi connectivity index (χ2n) is 3.99. The van der Waals surface area contributed by atoms with Crippen LogP contribution >= 0.6 is 10.7 Å². The number of ether oxygens (including phenoxy) is 1. The number of hydrogen-bond donors (Lipinski definition) is 1. The standard InChI is InChI=1S/C11H13ClN2O4S/c12-19(16,17)10-3-1-9(2-4-10)13-11(15)14-5-7-18-8-6-14/h1-4H,5-8H2,(H,13,15). The van der Waals surface area contributed by atoms with Gasteiger partial charge in [0.15, 0.2) is 0 Å². The molecule has 1 aliphatic heterocycles. The van der Waals surface area contributed by atoms with Crippen LogP contribution in [-0.4, -0.2) is 45.7 Å². The molecule has 2 amide bonds. The number of carbonyl (C=O) groups is 1. The molecule has 0 radical (unpaired) electrons. The zero-order valence-corrected chi connectivity index (χ0v) is 11.6. The number of hydrogen-bond acceptors (Lipinski definition) is 4. The Hall–Kier alpha value is -1.31. The van der Waals surface area contributed by atoms with E-state index in [1.165, 1.54) is 24.3 Å². The van der Waals surface area contributed by atoms with Crippen molar-refractivity contribution in [3.8, 4) is 0 Å². The number of rotatable bonds is 2. The van der Waals surface area contributed by atoms with E-state index in [0.29, 0.717) is 32.0 Å². The molecule has 1 heterocycles. The smallest absolute Gasteiger partial charge is 0.321 e. The first-order valence-corrected chi connectivity index (χ1v) is 7.96. The summed E-state index contributed by atoms with van der Waals surface area (Å²) in [6.07, 6.45) is 0. The van der Waals surface area contributed by atoms with Crippen molar-refractivity contribution in [1.82, 2.24) is 4.90 Å². The van der Waals surface area contributed by atoms with E-state index in [1.54, 1.807) is 4.90 Å². The monoisotopic (exact) mass is 304 g/mol. The molecule has 8 heteroatoms. The van der Waals surface area contributed by atoms with Crippen LogP contribution in [-0.2, 0) is 13.8 Å². The summed E-state index contributed by atoms with van der Waals surface area (Å²) in [6.45, 7) is 2.13. The van der Waals surface area contributed by atoms with Crippen molar-refractivity contribution in [1.29, 1.82) is 0 Å². The van der Waals surface area contributed by atoms with Gasteiger partial charge in [0.05, 0.1) is 18.1 Å². The highest BCUT2D eigenvalue weighted by Crippen LogP contribution is 2.18. The van der Waals surface area contributed by atoms with Gasteiger partial charge in [0.2, 0.25) is 0 Å². The molecule has 19 heavy (non-hydrogen) atoms. The summed E-state index contributed by atoms with van der Waals surface area (Å²) in [5.74, 6) is 0. The van der Waals surface area contributed by atoms with Gasteiger partial charge in [-0.05, 0) is 24.3 Å². The molecule has 1 fully saturated rings. The third-order valence-electron chi connectivity index (χ3n) is 2.69. The predicted molar refractivity (Wildman–Crippen MR) is 70.9 cm³/mol. The van der Waals surface area contributed by atoms with E-state index in [9.17, 15) is 13.2 Å². The van der Waals surface area contributed by atoms with Gasteiger partial charge in [-0.15, -0.1) is 0 Å². The molecule has 0 spiro atoms. The zero-order valence-electron chi connectivity index (χ0n) is 10.0. The third kappa shape index (κ3) is 3.82. The van der Waals surface area contributed by atoms with Gasteiger partial charge >= 0.3 is 6.03 Å². The third-order valence-corrected chi connectivity index (χ3v) is 4.06. The Morgan fingerprint density at radius 2 is 1.79 bits per heavy atom. The number of nitrogens with one attached hydrogen (secondary N) is 1. The van der Waals surface area contributed by atoms with Gasteiger partial charge < -0.3 is 15.0 Å². The fourth-order valence-electron chi connectivity index (χ4n) is 1.67. The van der Waals surface area contributed by atoms with E-state index < -0.39 is 9.05 Å². The van der Waals surface area contributed by atoms with Crippen molar-refractivity contribution >= 4 is 31.5 Å². The van der Waals surface area contributed by atoms with Gasteiger partial charge in [0, 0.05) is 29.5 Å². The Morgan fingerprint density at radius 3 is 2.32 bits per heavy atom. The van der Waals surface area contributed by atoms with Gasteiger partial charge in [0.1, 0.15) is 0 Å². The molecular weight excluding hydrogens is 292 g/mol. The van der Waals surface area contributed by atoms with E-state index in [-0.39, 0.29) is 10.9 Å². The summed E-state index contributed by atoms with van der Waals surface area (Å²) >= 11 is 0. The predicted octanol–water partition coefficient (Wildman–Crippen LogP) is 1.48. The van der Waals surface area contributed by atoms with Crippen LogP contribution in [0.5, 0.6) is 0 Å². The lowest BCUT2D eigenvalue weighted by molar-refractivity contribution is 0.0564. The summed E-state index contributed by atoms with van der Waals surface area (Å²) in [5.41, 5.74) is 0.514. The maximum Gasteiger partial charge on any atom is 0.321 e. The van der Waals surface area contributed by atoms with E-state index in [0.717, 1.165) is 0 Å². The highest BCUT2D eigenvalue weighted by Gasteiger charge is 2.17. The molecule has 1 aliphatic rings. The minimum atomic E-state index is -3.74. The fourth-order valence-corrected chi connectivity index (χ4v) is 2.44. The molecule has 0 aliphatic carbocycles. The number of nitrogens with zero attached hydrogens (tertiary/aromatic N) is 1. The fraction of sp³-hybridized carbons (Fsp3) is 0.364. The first-order valence-electron chi connectivity index (χ1n) is 5.65. The van der Waals surface area contributed by atoms with Gasteiger partial charge in [-0.1, -0.05) is 0 Å². The normalized spacial score (nSPS) is 16.2. The largest absolute Gasteiger partial charge is 0.378 e. The van der Waals surface area contributed by atoms with Crippen LogP contribution in [0.4, 0.5) is 10.5 Å². The Morgan fingerprint density at radius 1 is 1.21 bits per heavy atom. The average molecular weight is 305 g/mol. The highest BCUT2D eigenvalue weighted by atomic mass is 35.7. The topological polar surface area (TPSA) is 75.7 Å². The van der Waals surface area contributed by atoms with Crippen LogP contribution in [0.2, 0.25) is 0 Å². The second kappa shape index (κ2) is 5.77. The molecule has 0 saturated carbocycles. The molecule has 0 bridgehead atoms. The number of morpholine rings is 1. The lowest BCUT2D eigenvalue weighted by atomic mass is 10.3. The van der Waals surface area contributed by atoms with Crippen molar-refractivity contribution in [3.63, 3.8) is 0 Å². The first-order chi connectivity index (χ1) is 8.97. The second-order valence-corrected chi connectivity index (χ2v) is 6.56. The minimum absolute atomic E-state index is 0.00135. The lowest BCUT2D eigenvalue weighted by Gasteiger charge is -2.26. The minimum Gasteiger partial charge on any atom is -0.378 e. The first kappa shape index (κ1) is 14.1. The number of urea groups is 1. The van der Waals surface area contributed by atoms with Crippen molar-refractivity contribution in [2.75, 3.05) is 31.6 Å². The SMILES string of the molecule is O=C(Nc1ccc(S(=O)(=O)Cl)cc1)N1CCOCC1. The summed E-state index contributed by atoms with van der Waals surface area (Å²) < 4.78 is 27.3. The Labute approximate surface area is 115 Å². The quantitative estimate of drug-likeness (QED) is 0.840. The van der Waals surface area contributed by atoms with E-state index in [1.807, 2.05) is 0 Å². The number of carbonyl (C=O) groups excluding carboxylic acids is 1. The zero-order chi connectivity index (χ0) is 13.9. The molecule has 6 nitrogen and oxygen atoms in total. The molecule has 1 aromatic carbocycles. The molecule has 1 aromatic rings. The molecule has 0 unspecified atom stereocenters. The van der Waals surface area contributed by atoms with Crippen molar-refractivity contribution in [2.24, 2.45) is 0 Å². The molecule has 1 N–H and O–H groups in total. The maximum absolute atomic E-state index is 11.9. The molecule has 0 aromatic heterocycles. The molecule has 104 valence electrons. The summed E-state index contributed by atoms with van der Waals surface area (Å²) in [7, 11) is 1.47. The van der Waals surface area contributed by atoms with Gasteiger partial charge in [-0.2, -0.15) is 0 Å². The Bertz CT molecular complexity index is 553. The Kier molecular flexibility index (Phi) is 4.28. The lowest BCUT2D eigenvalue weighted by Crippen LogP contribution is -2.43. The van der Waals surface area contributed by atoms with Gasteiger partial charge in [-0.25, -0.2) is 13.2 Å².